The summed E-state index contributed by atoms with van der Waals surface area (Å²) < 4.78 is 53.8. The van der Waals surface area contributed by atoms with Gasteiger partial charge in [-0.05, 0) is 13.8 Å². The smallest absolute Gasteiger partial charge is 0.264 e. The van der Waals surface area contributed by atoms with Crippen molar-refractivity contribution in [3.05, 3.63) is 0 Å². The molecule has 0 spiro atoms. The van der Waals surface area contributed by atoms with Gasteiger partial charge in [0.15, 0.2) is 0 Å². The van der Waals surface area contributed by atoms with Crippen molar-refractivity contribution in [1.82, 2.24) is 5.32 Å². The molecule has 0 radical (unpaired) electrons. The second kappa shape index (κ2) is 17.0. The molecule has 5 N–H and O–H groups in total. The van der Waals surface area contributed by atoms with Gasteiger partial charge in [-0.2, -0.15) is 16.8 Å². The number of rotatable bonds is 6. The summed E-state index contributed by atoms with van der Waals surface area (Å²) in [5.41, 5.74) is 0. The molecule has 0 amide bonds. The SMILES string of the molecule is CCS(=O)(=O)O.CCS(=O)(=O)O.Cl.OCCNCCO. The van der Waals surface area contributed by atoms with Crippen LogP contribution in [0.5, 0.6) is 0 Å². The molecule has 0 rings (SSSR count). The van der Waals surface area contributed by atoms with E-state index in [1.54, 1.807) is 0 Å². The molecule has 128 valence electrons. The first-order valence-electron chi connectivity index (χ1n) is 5.36. The second-order valence-corrected chi connectivity index (χ2v) is 6.42. The third kappa shape index (κ3) is 52.0. The normalized spacial score (nSPS) is 10.3. The molecule has 0 atom stereocenters. The van der Waals surface area contributed by atoms with E-state index in [0.29, 0.717) is 13.1 Å². The number of hydrogen-bond acceptors (Lipinski definition) is 7. The van der Waals surface area contributed by atoms with Crippen molar-refractivity contribution in [2.24, 2.45) is 0 Å². The zero-order chi connectivity index (χ0) is 15.9. The lowest BCUT2D eigenvalue weighted by atomic mass is 10.6. The van der Waals surface area contributed by atoms with Gasteiger partial charge in [0.1, 0.15) is 0 Å². The molecule has 0 aromatic rings. The number of aliphatic hydroxyl groups is 2. The fourth-order valence-electron chi connectivity index (χ4n) is 0.283. The molecular weight excluding hydrogens is 338 g/mol. The van der Waals surface area contributed by atoms with Gasteiger partial charge in [-0.15, -0.1) is 12.4 Å². The van der Waals surface area contributed by atoms with Crippen LogP contribution >= 0.6 is 12.4 Å². The maximum atomic E-state index is 9.56. The lowest BCUT2D eigenvalue weighted by molar-refractivity contribution is 0.266. The fraction of sp³-hybridized carbons (Fsp3) is 1.00. The van der Waals surface area contributed by atoms with Crippen molar-refractivity contribution in [3.8, 4) is 0 Å². The lowest BCUT2D eigenvalue weighted by Gasteiger charge is -1.94. The monoisotopic (exact) mass is 361 g/mol. The molecule has 0 aromatic heterocycles. The highest BCUT2D eigenvalue weighted by molar-refractivity contribution is 7.85. The van der Waals surface area contributed by atoms with E-state index < -0.39 is 20.2 Å². The molecule has 0 aliphatic rings. The van der Waals surface area contributed by atoms with Crippen molar-refractivity contribution in [2.45, 2.75) is 13.8 Å². The highest BCUT2D eigenvalue weighted by atomic mass is 35.5. The maximum absolute atomic E-state index is 9.56. The molecule has 0 bridgehead atoms. The van der Waals surface area contributed by atoms with Crippen molar-refractivity contribution in [2.75, 3.05) is 37.8 Å². The predicted octanol–water partition coefficient (Wildman–Crippen LogP) is -1.23. The van der Waals surface area contributed by atoms with Gasteiger partial charge in [0.25, 0.3) is 20.2 Å². The van der Waals surface area contributed by atoms with E-state index in [1.807, 2.05) is 0 Å². The van der Waals surface area contributed by atoms with Gasteiger partial charge >= 0.3 is 0 Å². The van der Waals surface area contributed by atoms with Crippen LogP contribution in [0, 0.1) is 0 Å². The Kier molecular flexibility index (Phi) is 24.0. The van der Waals surface area contributed by atoms with Gasteiger partial charge in [0.2, 0.25) is 0 Å². The summed E-state index contributed by atoms with van der Waals surface area (Å²) in [7, 11) is -7.32. The van der Waals surface area contributed by atoms with Gasteiger partial charge in [0, 0.05) is 13.1 Å². The van der Waals surface area contributed by atoms with Crippen LogP contribution in [0.3, 0.4) is 0 Å². The molecule has 0 fully saturated rings. The first kappa shape index (κ1) is 28.2. The van der Waals surface area contributed by atoms with Crippen molar-refractivity contribution in [1.29, 1.82) is 0 Å². The summed E-state index contributed by atoms with van der Waals surface area (Å²) in [6.45, 7) is 4.16. The molecule has 0 aromatic carbocycles. The Labute approximate surface area is 126 Å². The minimum absolute atomic E-state index is 0. The van der Waals surface area contributed by atoms with Crippen LogP contribution < -0.4 is 5.32 Å². The van der Waals surface area contributed by atoms with Crippen LogP contribution in [0.25, 0.3) is 0 Å². The summed E-state index contributed by atoms with van der Waals surface area (Å²) >= 11 is 0. The Morgan fingerprint density at radius 1 is 0.800 bits per heavy atom. The van der Waals surface area contributed by atoms with Gasteiger partial charge in [-0.25, -0.2) is 0 Å². The van der Waals surface area contributed by atoms with Crippen LogP contribution in [-0.2, 0) is 20.2 Å². The number of aliphatic hydroxyl groups excluding tert-OH is 2. The number of nitrogens with one attached hydrogen (secondary N) is 1. The van der Waals surface area contributed by atoms with E-state index in [-0.39, 0.29) is 37.1 Å². The third-order valence-electron chi connectivity index (χ3n) is 1.31. The van der Waals surface area contributed by atoms with E-state index in [4.69, 9.17) is 19.3 Å². The molecule has 0 saturated carbocycles. The average molecular weight is 362 g/mol. The van der Waals surface area contributed by atoms with Crippen molar-refractivity contribution < 1.29 is 36.2 Å². The maximum Gasteiger partial charge on any atom is 0.264 e. The molecule has 0 heterocycles. The largest absolute Gasteiger partial charge is 0.395 e. The first-order valence-corrected chi connectivity index (χ1v) is 8.58. The fourth-order valence-corrected chi connectivity index (χ4v) is 0.283. The molecule has 9 nitrogen and oxygen atoms in total. The quantitative estimate of drug-likeness (QED) is 0.288. The highest BCUT2D eigenvalue weighted by Gasteiger charge is 1.93. The van der Waals surface area contributed by atoms with Gasteiger partial charge < -0.3 is 15.5 Å². The average Bonchev–Trinajstić information content (AvgIpc) is 2.30. The van der Waals surface area contributed by atoms with Crippen LogP contribution in [0.4, 0.5) is 0 Å². The molecular formula is C8H24ClNO8S2. The standard InChI is InChI=1S/C4H11NO2.2C2H6O3S.ClH/c6-3-1-5-2-4-7;2*1-2-6(3,4)5;/h5-7H,1-4H2;2*2H2,1H3,(H,3,4,5);1H. The Morgan fingerprint density at radius 3 is 1.10 bits per heavy atom. The Balaban J connectivity index is -0.0000000941. The summed E-state index contributed by atoms with van der Waals surface area (Å²) in [6.07, 6.45) is 0. The van der Waals surface area contributed by atoms with Crippen molar-refractivity contribution in [3.63, 3.8) is 0 Å². The lowest BCUT2D eigenvalue weighted by Crippen LogP contribution is -2.21. The summed E-state index contributed by atoms with van der Waals surface area (Å²) in [6, 6.07) is 0. The summed E-state index contributed by atoms with van der Waals surface area (Å²) in [4.78, 5) is 0. The van der Waals surface area contributed by atoms with E-state index in [9.17, 15) is 16.8 Å². The first-order chi connectivity index (χ1) is 8.54. The van der Waals surface area contributed by atoms with Crippen LogP contribution in [0.2, 0.25) is 0 Å². The predicted molar refractivity (Wildman–Crippen MR) is 78.5 cm³/mol. The Morgan fingerprint density at radius 2 is 1.00 bits per heavy atom. The number of hydrogen-bond donors (Lipinski definition) is 5. The highest BCUT2D eigenvalue weighted by Crippen LogP contribution is 1.74. The topological polar surface area (TPSA) is 161 Å². The molecule has 12 heteroatoms. The Bertz CT molecular complexity index is 334. The van der Waals surface area contributed by atoms with E-state index in [1.165, 1.54) is 13.8 Å². The summed E-state index contributed by atoms with van der Waals surface area (Å²) in [5, 5.41) is 19.1. The van der Waals surface area contributed by atoms with Gasteiger partial charge in [0.05, 0.1) is 24.7 Å². The molecule has 0 saturated heterocycles. The molecule has 0 aliphatic heterocycles. The van der Waals surface area contributed by atoms with Gasteiger partial charge in [-0.3, -0.25) is 9.11 Å². The number of halogens is 1. The molecule has 0 aliphatic carbocycles. The molecule has 0 unspecified atom stereocenters. The van der Waals surface area contributed by atoms with Gasteiger partial charge in [-0.1, -0.05) is 0 Å². The van der Waals surface area contributed by atoms with Crippen LogP contribution in [0.1, 0.15) is 13.8 Å². The zero-order valence-electron chi connectivity index (χ0n) is 11.4. The minimum Gasteiger partial charge on any atom is -0.395 e. The van der Waals surface area contributed by atoms with Crippen LogP contribution in [-0.4, -0.2) is 74.0 Å². The van der Waals surface area contributed by atoms with Crippen LogP contribution in [0.15, 0.2) is 0 Å². The minimum atomic E-state index is -3.66. The van der Waals surface area contributed by atoms with E-state index in [0.717, 1.165) is 0 Å². The zero-order valence-corrected chi connectivity index (χ0v) is 13.8. The third-order valence-corrected chi connectivity index (χ3v) is 2.77. The van der Waals surface area contributed by atoms with E-state index >= 15 is 0 Å². The second-order valence-electron chi connectivity index (χ2n) is 2.94. The van der Waals surface area contributed by atoms with E-state index in [2.05, 4.69) is 5.32 Å². The molecule has 20 heavy (non-hydrogen) atoms. The summed E-state index contributed by atoms with van der Waals surface area (Å²) in [5.74, 6) is -0.403. The van der Waals surface area contributed by atoms with Crippen molar-refractivity contribution >= 4 is 32.6 Å². The Hall–Kier alpha value is -0.0100.